The summed E-state index contributed by atoms with van der Waals surface area (Å²) in [5.74, 6) is -1.21. The van der Waals surface area contributed by atoms with Crippen LogP contribution in [0.2, 0.25) is 0 Å². The van der Waals surface area contributed by atoms with Crippen molar-refractivity contribution in [2.45, 2.75) is 30.7 Å². The Morgan fingerprint density at radius 3 is 2.33 bits per heavy atom. The van der Waals surface area contributed by atoms with E-state index in [0.717, 1.165) is 0 Å². The number of likely N-dealkylation sites (tertiary alicyclic amines) is 1. The molecule has 0 radical (unpaired) electrons. The zero-order chi connectivity index (χ0) is 17.7. The minimum absolute atomic E-state index is 0.234. The van der Waals surface area contributed by atoms with Gasteiger partial charge in [0.15, 0.2) is 6.10 Å². The number of rotatable bonds is 5. The van der Waals surface area contributed by atoms with E-state index in [-0.39, 0.29) is 12.1 Å². The monoisotopic (exact) mass is 336 g/mol. The molecule has 132 valence electrons. The van der Waals surface area contributed by atoms with Crippen molar-refractivity contribution in [2.75, 3.05) is 19.7 Å². The molecule has 7 N–H and O–H groups in total. The molecule has 0 spiro atoms. The largest absolute Gasteiger partial charge is 0.394 e. The molecule has 0 unspecified atom stereocenters. The predicted octanol–water partition coefficient (Wildman–Crippen LogP) is -1.92. The smallest absolute Gasteiger partial charge is 0.254 e. The van der Waals surface area contributed by atoms with Crippen molar-refractivity contribution in [3.63, 3.8) is 0 Å². The number of piperidine rings is 1. The van der Waals surface area contributed by atoms with Gasteiger partial charge in [-0.05, 0) is 12.0 Å². The Labute approximate surface area is 140 Å². The number of aliphatic hydroxyl groups is 2. The van der Waals surface area contributed by atoms with Crippen molar-refractivity contribution >= 4 is 11.8 Å². The van der Waals surface area contributed by atoms with Crippen molar-refractivity contribution in [3.05, 3.63) is 35.9 Å². The molecule has 1 saturated heterocycles. The number of hydrogen-bond acceptors (Lipinski definition) is 6. The van der Waals surface area contributed by atoms with Gasteiger partial charge in [-0.25, -0.2) is 0 Å². The lowest BCUT2D eigenvalue weighted by atomic mass is 10.0. The third-order valence-electron chi connectivity index (χ3n) is 3.99. The maximum atomic E-state index is 12.5. The highest BCUT2D eigenvalue weighted by Gasteiger charge is 2.32. The quantitative estimate of drug-likeness (QED) is 0.424. The van der Waals surface area contributed by atoms with E-state index in [4.69, 9.17) is 11.5 Å². The van der Waals surface area contributed by atoms with Crippen molar-refractivity contribution in [1.82, 2.24) is 10.2 Å². The summed E-state index contributed by atoms with van der Waals surface area (Å²) in [7, 11) is 0. The Morgan fingerprint density at radius 2 is 1.79 bits per heavy atom. The van der Waals surface area contributed by atoms with Gasteiger partial charge in [0.05, 0.1) is 6.61 Å². The van der Waals surface area contributed by atoms with Crippen LogP contribution in [0.1, 0.15) is 18.1 Å². The number of nitrogens with one attached hydrogen (secondary N) is 1. The number of carbonyl (C=O) groups excluding carboxylic acids is 2. The molecular formula is C16H24N4O4. The fourth-order valence-electron chi connectivity index (χ4n) is 2.80. The number of nitrogens with zero attached hydrogens (tertiary/aromatic N) is 1. The van der Waals surface area contributed by atoms with Crippen LogP contribution in [-0.4, -0.2) is 64.7 Å². The summed E-state index contributed by atoms with van der Waals surface area (Å²) in [5.41, 5.74) is 12.1. The molecule has 1 aliphatic heterocycles. The van der Waals surface area contributed by atoms with Gasteiger partial charge in [0.2, 0.25) is 5.91 Å². The van der Waals surface area contributed by atoms with Gasteiger partial charge in [0, 0.05) is 25.2 Å². The summed E-state index contributed by atoms with van der Waals surface area (Å²) in [4.78, 5) is 26.0. The molecule has 8 nitrogen and oxygen atoms in total. The molecule has 1 aromatic rings. The Bertz CT molecular complexity index is 558. The number of nitrogens with two attached hydrogens (primary N) is 2. The fraction of sp³-hybridized carbons (Fsp3) is 0.500. The number of amides is 2. The Morgan fingerprint density at radius 1 is 1.21 bits per heavy atom. The lowest BCUT2D eigenvalue weighted by Gasteiger charge is -2.36. The number of hydrogen-bond donors (Lipinski definition) is 5. The highest BCUT2D eigenvalue weighted by molar-refractivity contribution is 5.90. The lowest BCUT2D eigenvalue weighted by molar-refractivity contribution is -0.141. The molecule has 0 saturated carbocycles. The van der Waals surface area contributed by atoms with Gasteiger partial charge in [-0.3, -0.25) is 9.59 Å². The average molecular weight is 336 g/mol. The van der Waals surface area contributed by atoms with Crippen LogP contribution in [0.5, 0.6) is 0 Å². The van der Waals surface area contributed by atoms with Crippen LogP contribution in [0, 0.1) is 0 Å². The van der Waals surface area contributed by atoms with Crippen molar-refractivity contribution < 1.29 is 19.8 Å². The summed E-state index contributed by atoms with van der Waals surface area (Å²) >= 11 is 0. The van der Waals surface area contributed by atoms with Crippen molar-refractivity contribution in [2.24, 2.45) is 11.5 Å². The van der Waals surface area contributed by atoms with Gasteiger partial charge in [-0.1, -0.05) is 30.3 Å². The van der Waals surface area contributed by atoms with Crippen LogP contribution in [0.3, 0.4) is 0 Å². The van der Waals surface area contributed by atoms with E-state index in [1.54, 1.807) is 30.3 Å². The molecule has 2 amide bonds. The zero-order valence-electron chi connectivity index (χ0n) is 13.3. The molecular weight excluding hydrogens is 312 g/mol. The van der Waals surface area contributed by atoms with Crippen molar-refractivity contribution in [3.8, 4) is 0 Å². The van der Waals surface area contributed by atoms with Crippen LogP contribution in [0.4, 0.5) is 0 Å². The van der Waals surface area contributed by atoms with E-state index in [9.17, 15) is 19.8 Å². The predicted molar refractivity (Wildman–Crippen MR) is 87.6 cm³/mol. The minimum atomic E-state index is -1.42. The molecule has 2 rings (SSSR count). The van der Waals surface area contributed by atoms with E-state index < -0.39 is 30.6 Å². The second kappa shape index (κ2) is 8.20. The molecule has 0 aromatic heterocycles. The van der Waals surface area contributed by atoms with E-state index in [2.05, 4.69) is 5.32 Å². The molecule has 1 heterocycles. The molecule has 0 aliphatic carbocycles. The first-order valence-electron chi connectivity index (χ1n) is 7.86. The maximum absolute atomic E-state index is 12.5. The summed E-state index contributed by atoms with van der Waals surface area (Å²) in [6.07, 6.45) is -0.800. The number of carbonyl (C=O) groups is 2. The van der Waals surface area contributed by atoms with Crippen LogP contribution in [-0.2, 0) is 9.59 Å². The highest BCUT2D eigenvalue weighted by atomic mass is 16.3. The summed E-state index contributed by atoms with van der Waals surface area (Å²) in [5, 5.41) is 21.9. The van der Waals surface area contributed by atoms with Gasteiger partial charge in [-0.2, -0.15) is 0 Å². The standard InChI is InChI=1S/C16H24N4O4/c17-11-6-12(18)8-20(7-11)16(24)13(9-21)19-15(23)14(22)10-4-2-1-3-5-10/h1-5,11-14,21-22H,6-9,17-18H2,(H,19,23)/t11-,12+,13-,14+/m0/s1. The first-order chi connectivity index (χ1) is 11.4. The number of benzene rings is 1. The molecule has 24 heavy (non-hydrogen) atoms. The Kier molecular flexibility index (Phi) is 6.27. The second-order valence-corrected chi connectivity index (χ2v) is 6.06. The normalized spacial score (nSPS) is 23.4. The summed E-state index contributed by atoms with van der Waals surface area (Å²) < 4.78 is 0. The highest BCUT2D eigenvalue weighted by Crippen LogP contribution is 2.13. The first kappa shape index (κ1) is 18.3. The van der Waals surface area contributed by atoms with E-state index >= 15 is 0 Å². The summed E-state index contributed by atoms with van der Waals surface area (Å²) in [6.45, 7) is 0.0628. The van der Waals surface area contributed by atoms with E-state index in [0.29, 0.717) is 25.1 Å². The SMILES string of the molecule is N[C@@H]1C[C@H](N)CN(C(=O)[C@H](CO)NC(=O)[C@H](O)c2ccccc2)C1. The number of aliphatic hydroxyl groups excluding tert-OH is 2. The summed E-state index contributed by atoms with van der Waals surface area (Å²) in [6, 6.07) is 6.73. The Hall–Kier alpha value is -2.00. The van der Waals surface area contributed by atoms with E-state index in [1.807, 2.05) is 0 Å². The fourth-order valence-corrected chi connectivity index (χ4v) is 2.80. The van der Waals surface area contributed by atoms with Gasteiger partial charge in [0.1, 0.15) is 6.04 Å². The third-order valence-corrected chi connectivity index (χ3v) is 3.99. The maximum Gasteiger partial charge on any atom is 0.254 e. The molecule has 1 aliphatic rings. The van der Waals surface area contributed by atoms with Gasteiger partial charge >= 0.3 is 0 Å². The van der Waals surface area contributed by atoms with Crippen LogP contribution in [0.25, 0.3) is 0 Å². The van der Waals surface area contributed by atoms with Gasteiger partial charge < -0.3 is 31.9 Å². The molecule has 4 atom stereocenters. The zero-order valence-corrected chi connectivity index (χ0v) is 13.3. The lowest BCUT2D eigenvalue weighted by Crippen LogP contribution is -2.59. The third kappa shape index (κ3) is 4.51. The first-order valence-corrected chi connectivity index (χ1v) is 7.86. The Balaban J connectivity index is 2.00. The van der Waals surface area contributed by atoms with E-state index in [1.165, 1.54) is 4.90 Å². The molecule has 1 fully saturated rings. The van der Waals surface area contributed by atoms with Crippen molar-refractivity contribution in [1.29, 1.82) is 0 Å². The topological polar surface area (TPSA) is 142 Å². The van der Waals surface area contributed by atoms with Gasteiger partial charge in [-0.15, -0.1) is 0 Å². The molecule has 1 aromatic carbocycles. The minimum Gasteiger partial charge on any atom is -0.394 e. The van der Waals surface area contributed by atoms with Crippen LogP contribution >= 0.6 is 0 Å². The second-order valence-electron chi connectivity index (χ2n) is 6.06. The van der Waals surface area contributed by atoms with Crippen LogP contribution in [0.15, 0.2) is 30.3 Å². The molecule has 8 heteroatoms. The molecule has 0 bridgehead atoms. The average Bonchev–Trinajstić information content (AvgIpc) is 2.58. The van der Waals surface area contributed by atoms with Gasteiger partial charge in [0.25, 0.3) is 5.91 Å². The van der Waals surface area contributed by atoms with Crippen LogP contribution < -0.4 is 16.8 Å².